The van der Waals surface area contributed by atoms with Gasteiger partial charge in [0.25, 0.3) is 0 Å². The van der Waals surface area contributed by atoms with Gasteiger partial charge in [-0.2, -0.15) is 4.98 Å². The molecule has 0 radical (unpaired) electrons. The maximum absolute atomic E-state index is 5.56. The van der Waals surface area contributed by atoms with Crippen molar-refractivity contribution in [3.63, 3.8) is 0 Å². The van der Waals surface area contributed by atoms with Gasteiger partial charge in [0.05, 0.1) is 0 Å². The van der Waals surface area contributed by atoms with E-state index in [2.05, 4.69) is 30.7 Å². The van der Waals surface area contributed by atoms with Crippen LogP contribution in [-0.2, 0) is 0 Å². The van der Waals surface area contributed by atoms with Crippen LogP contribution in [0, 0.1) is 0 Å². The number of hydrogen-bond donors (Lipinski definition) is 1. The predicted octanol–water partition coefficient (Wildman–Crippen LogP) is 1.29. The highest BCUT2D eigenvalue weighted by Gasteiger charge is 2.19. The third kappa shape index (κ3) is 2.31. The van der Waals surface area contributed by atoms with Crippen LogP contribution in [0.1, 0.15) is 20.8 Å². The van der Waals surface area contributed by atoms with E-state index < -0.39 is 0 Å². The molecule has 1 rings (SSSR count). The van der Waals surface area contributed by atoms with Gasteiger partial charge in [-0.15, -0.1) is 0 Å². The number of nitrogens with zero attached hydrogens (tertiary/aromatic N) is 3. The Bertz CT molecular complexity index is 290. The molecule has 0 fully saturated rings. The Labute approximate surface area is 78.8 Å². The molecule has 1 aromatic heterocycles. The van der Waals surface area contributed by atoms with E-state index in [1.54, 1.807) is 12.3 Å². The summed E-state index contributed by atoms with van der Waals surface area (Å²) in [4.78, 5) is 10.3. The van der Waals surface area contributed by atoms with E-state index in [0.29, 0.717) is 11.8 Å². The zero-order valence-corrected chi connectivity index (χ0v) is 8.57. The molecule has 0 spiro atoms. The molecule has 0 unspecified atom stereocenters. The van der Waals surface area contributed by atoms with Crippen molar-refractivity contribution in [2.75, 3.05) is 17.7 Å². The van der Waals surface area contributed by atoms with Crippen molar-refractivity contribution in [3.8, 4) is 0 Å². The molecule has 0 aliphatic carbocycles. The van der Waals surface area contributed by atoms with E-state index in [-0.39, 0.29) is 5.54 Å². The SMILES string of the molecule is CN(c1nccc(N)n1)C(C)(C)C. The minimum Gasteiger partial charge on any atom is -0.384 e. The van der Waals surface area contributed by atoms with Crippen LogP contribution in [0.5, 0.6) is 0 Å². The van der Waals surface area contributed by atoms with Crippen molar-refractivity contribution in [1.82, 2.24) is 9.97 Å². The molecular formula is C9H16N4. The highest BCUT2D eigenvalue weighted by Crippen LogP contribution is 2.17. The van der Waals surface area contributed by atoms with Gasteiger partial charge in [0.15, 0.2) is 0 Å². The molecule has 0 saturated heterocycles. The zero-order valence-electron chi connectivity index (χ0n) is 8.57. The number of aromatic nitrogens is 2. The molecule has 0 atom stereocenters. The van der Waals surface area contributed by atoms with Crippen molar-refractivity contribution in [3.05, 3.63) is 12.3 Å². The third-order valence-corrected chi connectivity index (χ3v) is 1.97. The maximum atomic E-state index is 5.56. The summed E-state index contributed by atoms with van der Waals surface area (Å²) < 4.78 is 0. The standard InChI is InChI=1S/C9H16N4/c1-9(2,3)13(4)8-11-6-5-7(10)12-8/h5-6H,1-4H3,(H2,10,11,12). The van der Waals surface area contributed by atoms with Crippen LogP contribution in [-0.4, -0.2) is 22.6 Å². The van der Waals surface area contributed by atoms with E-state index >= 15 is 0 Å². The van der Waals surface area contributed by atoms with E-state index in [4.69, 9.17) is 5.73 Å². The Hall–Kier alpha value is -1.32. The Morgan fingerprint density at radius 2 is 2.00 bits per heavy atom. The van der Waals surface area contributed by atoms with E-state index in [0.717, 1.165) is 0 Å². The number of rotatable bonds is 1. The molecule has 0 aliphatic heterocycles. The van der Waals surface area contributed by atoms with Gasteiger partial charge in [0, 0.05) is 18.8 Å². The summed E-state index contributed by atoms with van der Waals surface area (Å²) in [5.74, 6) is 1.16. The quantitative estimate of drug-likeness (QED) is 0.707. The summed E-state index contributed by atoms with van der Waals surface area (Å²) in [7, 11) is 1.95. The van der Waals surface area contributed by atoms with Crippen molar-refractivity contribution < 1.29 is 0 Å². The molecule has 1 heterocycles. The first kappa shape index (κ1) is 9.77. The number of nitrogens with two attached hydrogens (primary N) is 1. The highest BCUT2D eigenvalue weighted by atomic mass is 15.3. The van der Waals surface area contributed by atoms with Gasteiger partial charge in [-0.25, -0.2) is 4.98 Å². The van der Waals surface area contributed by atoms with Gasteiger partial charge in [0.2, 0.25) is 5.95 Å². The number of anilines is 2. The molecule has 4 nitrogen and oxygen atoms in total. The third-order valence-electron chi connectivity index (χ3n) is 1.97. The van der Waals surface area contributed by atoms with Crippen LogP contribution in [0.2, 0.25) is 0 Å². The van der Waals surface area contributed by atoms with Crippen molar-refractivity contribution in [2.45, 2.75) is 26.3 Å². The van der Waals surface area contributed by atoms with Crippen LogP contribution in [0.3, 0.4) is 0 Å². The molecular weight excluding hydrogens is 164 g/mol. The first-order valence-electron chi connectivity index (χ1n) is 4.23. The lowest BCUT2D eigenvalue weighted by atomic mass is 10.1. The van der Waals surface area contributed by atoms with Crippen LogP contribution in [0.25, 0.3) is 0 Å². The number of hydrogen-bond acceptors (Lipinski definition) is 4. The summed E-state index contributed by atoms with van der Waals surface area (Å²) in [6.07, 6.45) is 1.67. The number of nitrogen functional groups attached to an aromatic ring is 1. The zero-order chi connectivity index (χ0) is 10.1. The van der Waals surface area contributed by atoms with Gasteiger partial charge in [-0.05, 0) is 26.8 Å². The summed E-state index contributed by atoms with van der Waals surface area (Å²) in [6.45, 7) is 6.29. The molecule has 0 aliphatic rings. The minimum atomic E-state index is 0.00773. The molecule has 13 heavy (non-hydrogen) atoms. The Kier molecular flexibility index (Phi) is 2.40. The molecule has 1 aromatic rings. The largest absolute Gasteiger partial charge is 0.384 e. The Morgan fingerprint density at radius 3 is 2.46 bits per heavy atom. The molecule has 0 bridgehead atoms. The molecule has 0 aromatic carbocycles. The van der Waals surface area contributed by atoms with Crippen molar-refractivity contribution >= 4 is 11.8 Å². The van der Waals surface area contributed by atoms with E-state index in [1.165, 1.54) is 0 Å². The minimum absolute atomic E-state index is 0.00773. The van der Waals surface area contributed by atoms with Crippen molar-refractivity contribution in [2.24, 2.45) is 0 Å². The fourth-order valence-electron chi connectivity index (χ4n) is 0.824. The van der Waals surface area contributed by atoms with Crippen LogP contribution < -0.4 is 10.6 Å². The van der Waals surface area contributed by atoms with Crippen LogP contribution in [0.4, 0.5) is 11.8 Å². The fraction of sp³-hybridized carbons (Fsp3) is 0.556. The van der Waals surface area contributed by atoms with Crippen LogP contribution >= 0.6 is 0 Å². The van der Waals surface area contributed by atoms with Crippen LogP contribution in [0.15, 0.2) is 12.3 Å². The van der Waals surface area contributed by atoms with E-state index in [1.807, 2.05) is 11.9 Å². The molecule has 0 saturated carbocycles. The van der Waals surface area contributed by atoms with Gasteiger partial charge in [0.1, 0.15) is 5.82 Å². The average Bonchev–Trinajstić information content (AvgIpc) is 2.01. The first-order chi connectivity index (χ1) is 5.91. The summed E-state index contributed by atoms with van der Waals surface area (Å²) in [5.41, 5.74) is 5.57. The second kappa shape index (κ2) is 3.20. The topological polar surface area (TPSA) is 55.0 Å². The summed E-state index contributed by atoms with van der Waals surface area (Å²) in [5, 5.41) is 0. The lowest BCUT2D eigenvalue weighted by Crippen LogP contribution is -2.39. The Morgan fingerprint density at radius 1 is 1.38 bits per heavy atom. The monoisotopic (exact) mass is 180 g/mol. The molecule has 72 valence electrons. The van der Waals surface area contributed by atoms with Gasteiger partial charge in [-0.3, -0.25) is 0 Å². The second-order valence-corrected chi connectivity index (χ2v) is 4.01. The lowest BCUT2D eigenvalue weighted by molar-refractivity contribution is 0.528. The fourth-order valence-corrected chi connectivity index (χ4v) is 0.824. The molecule has 2 N–H and O–H groups in total. The lowest BCUT2D eigenvalue weighted by Gasteiger charge is -2.31. The maximum Gasteiger partial charge on any atom is 0.227 e. The summed E-state index contributed by atoms with van der Waals surface area (Å²) >= 11 is 0. The average molecular weight is 180 g/mol. The first-order valence-corrected chi connectivity index (χ1v) is 4.23. The van der Waals surface area contributed by atoms with Gasteiger partial charge >= 0.3 is 0 Å². The Balaban J connectivity index is 2.96. The second-order valence-electron chi connectivity index (χ2n) is 4.01. The van der Waals surface area contributed by atoms with Gasteiger partial charge < -0.3 is 10.6 Å². The predicted molar refractivity (Wildman–Crippen MR) is 54.6 cm³/mol. The van der Waals surface area contributed by atoms with Gasteiger partial charge in [-0.1, -0.05) is 0 Å². The molecule has 4 heteroatoms. The summed E-state index contributed by atoms with van der Waals surface area (Å²) in [6, 6.07) is 1.68. The smallest absolute Gasteiger partial charge is 0.227 e. The van der Waals surface area contributed by atoms with Crippen molar-refractivity contribution in [1.29, 1.82) is 0 Å². The van der Waals surface area contributed by atoms with E-state index in [9.17, 15) is 0 Å². The molecule has 0 amide bonds. The highest BCUT2D eigenvalue weighted by molar-refractivity contribution is 5.38. The normalized spacial score (nSPS) is 11.4.